The maximum absolute atomic E-state index is 13.9. The Morgan fingerprint density at radius 3 is 2.55 bits per heavy atom. The number of esters is 1. The lowest BCUT2D eigenvalue weighted by atomic mass is 10.1. The van der Waals surface area contributed by atoms with Gasteiger partial charge in [0.15, 0.2) is 6.10 Å². The summed E-state index contributed by atoms with van der Waals surface area (Å²) in [5.41, 5.74) is 0.804. The van der Waals surface area contributed by atoms with E-state index in [1.165, 1.54) is 54.3 Å². The fourth-order valence-electron chi connectivity index (χ4n) is 3.03. The SMILES string of the molecule is C[C@@H](OC(=O)[C@H]1CC(=O)N(c2ccccc2F)C1)C(=O)NCc1ccc(F)cc1. The minimum atomic E-state index is -1.07. The number of anilines is 1. The van der Waals surface area contributed by atoms with Crippen LogP contribution < -0.4 is 10.2 Å². The van der Waals surface area contributed by atoms with Gasteiger partial charge in [0.25, 0.3) is 5.91 Å². The van der Waals surface area contributed by atoms with Gasteiger partial charge in [0.2, 0.25) is 5.91 Å². The zero-order valence-corrected chi connectivity index (χ0v) is 15.7. The third-order valence-corrected chi connectivity index (χ3v) is 4.64. The minimum Gasteiger partial charge on any atom is -0.452 e. The van der Waals surface area contributed by atoms with Crippen molar-refractivity contribution in [3.05, 3.63) is 65.7 Å². The Bertz CT molecular complexity index is 917. The van der Waals surface area contributed by atoms with E-state index in [2.05, 4.69) is 5.32 Å². The van der Waals surface area contributed by atoms with Crippen molar-refractivity contribution in [1.29, 1.82) is 0 Å². The normalized spacial score (nSPS) is 17.1. The maximum atomic E-state index is 13.9. The number of ether oxygens (including phenoxy) is 1. The summed E-state index contributed by atoms with van der Waals surface area (Å²) in [5.74, 6) is -3.30. The first-order chi connectivity index (χ1) is 13.8. The van der Waals surface area contributed by atoms with Gasteiger partial charge in [-0.15, -0.1) is 0 Å². The molecule has 0 aliphatic carbocycles. The molecule has 0 radical (unpaired) electrons. The van der Waals surface area contributed by atoms with Crippen molar-refractivity contribution in [2.75, 3.05) is 11.4 Å². The van der Waals surface area contributed by atoms with E-state index in [1.54, 1.807) is 6.07 Å². The van der Waals surface area contributed by atoms with Crippen LogP contribution in [0.4, 0.5) is 14.5 Å². The molecule has 1 fully saturated rings. The van der Waals surface area contributed by atoms with Gasteiger partial charge in [0, 0.05) is 19.5 Å². The lowest BCUT2D eigenvalue weighted by Gasteiger charge is -2.18. The number of hydrogen-bond donors (Lipinski definition) is 1. The van der Waals surface area contributed by atoms with Crippen LogP contribution in [-0.4, -0.2) is 30.4 Å². The molecule has 6 nitrogen and oxygen atoms in total. The topological polar surface area (TPSA) is 75.7 Å². The molecule has 2 aromatic carbocycles. The van der Waals surface area contributed by atoms with E-state index in [0.717, 1.165) is 0 Å². The molecule has 1 N–H and O–H groups in total. The summed E-state index contributed by atoms with van der Waals surface area (Å²) in [5, 5.41) is 2.60. The van der Waals surface area contributed by atoms with Crippen LogP contribution in [0.15, 0.2) is 48.5 Å². The summed E-state index contributed by atoms with van der Waals surface area (Å²) in [6.45, 7) is 1.57. The Kier molecular flexibility index (Phi) is 6.21. The molecule has 2 atom stereocenters. The molecule has 0 unspecified atom stereocenters. The van der Waals surface area contributed by atoms with Crippen molar-refractivity contribution >= 4 is 23.5 Å². The molecule has 0 bridgehead atoms. The van der Waals surface area contributed by atoms with E-state index in [0.29, 0.717) is 5.56 Å². The number of carbonyl (C=O) groups is 3. The van der Waals surface area contributed by atoms with Crippen LogP contribution in [0, 0.1) is 17.6 Å². The smallest absolute Gasteiger partial charge is 0.312 e. The number of carbonyl (C=O) groups excluding carboxylic acids is 3. The van der Waals surface area contributed by atoms with Crippen molar-refractivity contribution in [2.45, 2.75) is 26.0 Å². The zero-order chi connectivity index (χ0) is 21.0. The number of hydrogen-bond acceptors (Lipinski definition) is 4. The number of para-hydroxylation sites is 1. The van der Waals surface area contributed by atoms with Crippen molar-refractivity contribution in [1.82, 2.24) is 5.32 Å². The molecule has 0 spiro atoms. The molecule has 1 saturated heterocycles. The van der Waals surface area contributed by atoms with Gasteiger partial charge >= 0.3 is 5.97 Å². The van der Waals surface area contributed by atoms with Gasteiger partial charge in [0.1, 0.15) is 11.6 Å². The highest BCUT2D eigenvalue weighted by Gasteiger charge is 2.38. The molecule has 152 valence electrons. The Morgan fingerprint density at radius 2 is 1.86 bits per heavy atom. The summed E-state index contributed by atoms with van der Waals surface area (Å²) in [6.07, 6.45) is -1.18. The van der Waals surface area contributed by atoms with Crippen molar-refractivity contribution < 1.29 is 27.9 Å². The Balaban J connectivity index is 1.53. The first kappa shape index (κ1) is 20.4. The van der Waals surface area contributed by atoms with E-state index in [1.807, 2.05) is 0 Å². The summed E-state index contributed by atoms with van der Waals surface area (Å²) in [4.78, 5) is 37.9. The summed E-state index contributed by atoms with van der Waals surface area (Å²) in [6, 6.07) is 11.4. The molecule has 2 aromatic rings. The van der Waals surface area contributed by atoms with Crippen LogP contribution in [0.1, 0.15) is 18.9 Å². The number of amides is 2. The number of rotatable bonds is 6. The van der Waals surface area contributed by atoms with E-state index in [4.69, 9.17) is 4.74 Å². The molecule has 3 rings (SSSR count). The highest BCUT2D eigenvalue weighted by atomic mass is 19.1. The maximum Gasteiger partial charge on any atom is 0.312 e. The van der Waals surface area contributed by atoms with E-state index < -0.39 is 29.7 Å². The average Bonchev–Trinajstić information content (AvgIpc) is 3.09. The molecular formula is C21H20F2N2O4. The predicted octanol–water partition coefficient (Wildman–Crippen LogP) is 2.57. The fraction of sp³-hybridized carbons (Fsp3) is 0.286. The average molecular weight is 402 g/mol. The van der Waals surface area contributed by atoms with Gasteiger partial charge in [0.05, 0.1) is 11.6 Å². The monoisotopic (exact) mass is 402 g/mol. The summed E-state index contributed by atoms with van der Waals surface area (Å²) < 4.78 is 32.0. The molecule has 1 heterocycles. The molecule has 0 aromatic heterocycles. The quantitative estimate of drug-likeness (QED) is 0.754. The molecule has 1 aliphatic heterocycles. The number of nitrogens with zero attached hydrogens (tertiary/aromatic N) is 1. The van der Waals surface area contributed by atoms with Crippen LogP contribution in [0.2, 0.25) is 0 Å². The van der Waals surface area contributed by atoms with E-state index >= 15 is 0 Å². The number of benzene rings is 2. The molecule has 8 heteroatoms. The van der Waals surface area contributed by atoms with Gasteiger partial charge in [-0.2, -0.15) is 0 Å². The third kappa shape index (κ3) is 4.96. The van der Waals surface area contributed by atoms with Crippen molar-refractivity contribution in [3.63, 3.8) is 0 Å². The lowest BCUT2D eigenvalue weighted by Crippen LogP contribution is -2.37. The summed E-state index contributed by atoms with van der Waals surface area (Å²) >= 11 is 0. The highest BCUT2D eigenvalue weighted by molar-refractivity contribution is 5.99. The van der Waals surface area contributed by atoms with Gasteiger partial charge in [-0.05, 0) is 36.8 Å². The predicted molar refractivity (Wildman–Crippen MR) is 101 cm³/mol. The van der Waals surface area contributed by atoms with Crippen LogP contribution >= 0.6 is 0 Å². The fourth-order valence-corrected chi connectivity index (χ4v) is 3.03. The van der Waals surface area contributed by atoms with Gasteiger partial charge in [-0.25, -0.2) is 8.78 Å². The second-order valence-corrected chi connectivity index (χ2v) is 6.78. The van der Waals surface area contributed by atoms with Crippen LogP contribution in [0.25, 0.3) is 0 Å². The van der Waals surface area contributed by atoms with Crippen LogP contribution in [0.3, 0.4) is 0 Å². The molecule has 2 amide bonds. The highest BCUT2D eigenvalue weighted by Crippen LogP contribution is 2.28. The third-order valence-electron chi connectivity index (χ3n) is 4.64. The molecular weight excluding hydrogens is 382 g/mol. The van der Waals surface area contributed by atoms with Gasteiger partial charge in [-0.1, -0.05) is 24.3 Å². The molecule has 1 aliphatic rings. The van der Waals surface area contributed by atoms with Gasteiger partial charge in [-0.3, -0.25) is 14.4 Å². The number of halogens is 2. The second kappa shape index (κ2) is 8.81. The molecule has 29 heavy (non-hydrogen) atoms. The number of nitrogens with one attached hydrogen (secondary N) is 1. The molecule has 0 saturated carbocycles. The summed E-state index contributed by atoms with van der Waals surface area (Å²) in [7, 11) is 0. The Labute approximate surface area is 166 Å². The first-order valence-corrected chi connectivity index (χ1v) is 9.12. The largest absolute Gasteiger partial charge is 0.452 e. The van der Waals surface area contributed by atoms with E-state index in [9.17, 15) is 23.2 Å². The zero-order valence-electron chi connectivity index (χ0n) is 15.7. The van der Waals surface area contributed by atoms with Crippen molar-refractivity contribution in [3.8, 4) is 0 Å². The van der Waals surface area contributed by atoms with Crippen LogP contribution in [0.5, 0.6) is 0 Å². The standard InChI is InChI=1S/C21H20F2N2O4/c1-13(20(27)24-11-14-6-8-16(22)9-7-14)29-21(28)15-10-19(26)25(12-15)18-5-3-2-4-17(18)23/h2-9,13,15H,10-12H2,1H3,(H,24,27)/t13-,15+/m1/s1. The minimum absolute atomic E-state index is 0.0114. The second-order valence-electron chi connectivity index (χ2n) is 6.78. The van der Waals surface area contributed by atoms with E-state index in [-0.39, 0.29) is 36.9 Å². The first-order valence-electron chi connectivity index (χ1n) is 9.12. The Hall–Kier alpha value is -3.29. The van der Waals surface area contributed by atoms with Gasteiger partial charge < -0.3 is 15.0 Å². The Morgan fingerprint density at radius 1 is 1.17 bits per heavy atom. The lowest BCUT2D eigenvalue weighted by molar-refractivity contribution is -0.158. The van der Waals surface area contributed by atoms with Crippen molar-refractivity contribution in [2.24, 2.45) is 5.92 Å². The van der Waals surface area contributed by atoms with Crippen LogP contribution in [-0.2, 0) is 25.7 Å².